The standard InChI is InChI=1S/C10H19NO3S/c1-4-9(13)11-5-6-15-10(14)7(2)8(3)12/h7-8,12H,4-6H2,1-3H3,(H,11,13)/t7-,8-/m1/s1. The summed E-state index contributed by atoms with van der Waals surface area (Å²) in [5.41, 5.74) is 0. The Kier molecular flexibility index (Phi) is 7.42. The summed E-state index contributed by atoms with van der Waals surface area (Å²) in [6.45, 7) is 5.57. The molecule has 4 nitrogen and oxygen atoms in total. The second-order valence-corrected chi connectivity index (χ2v) is 4.50. The summed E-state index contributed by atoms with van der Waals surface area (Å²) in [7, 11) is 0. The molecule has 2 atom stereocenters. The lowest BCUT2D eigenvalue weighted by atomic mass is 10.1. The molecule has 15 heavy (non-hydrogen) atoms. The van der Waals surface area contributed by atoms with Crippen molar-refractivity contribution in [2.75, 3.05) is 12.3 Å². The van der Waals surface area contributed by atoms with Crippen LogP contribution in [-0.2, 0) is 9.59 Å². The maximum atomic E-state index is 11.4. The van der Waals surface area contributed by atoms with E-state index in [1.165, 1.54) is 0 Å². The first kappa shape index (κ1) is 14.5. The number of aliphatic hydroxyl groups is 1. The number of aliphatic hydroxyl groups excluding tert-OH is 1. The second kappa shape index (κ2) is 7.70. The van der Waals surface area contributed by atoms with Crippen molar-refractivity contribution < 1.29 is 14.7 Å². The van der Waals surface area contributed by atoms with E-state index in [4.69, 9.17) is 0 Å². The van der Waals surface area contributed by atoms with E-state index in [2.05, 4.69) is 5.32 Å². The van der Waals surface area contributed by atoms with Crippen molar-refractivity contribution in [3.05, 3.63) is 0 Å². The van der Waals surface area contributed by atoms with Gasteiger partial charge in [-0.3, -0.25) is 9.59 Å². The lowest BCUT2D eigenvalue weighted by molar-refractivity contribution is -0.120. The molecule has 0 saturated heterocycles. The average Bonchev–Trinajstić information content (AvgIpc) is 2.22. The zero-order chi connectivity index (χ0) is 11.8. The van der Waals surface area contributed by atoms with Gasteiger partial charge in [0, 0.05) is 18.7 Å². The first-order chi connectivity index (χ1) is 6.99. The summed E-state index contributed by atoms with van der Waals surface area (Å²) in [6, 6.07) is 0. The van der Waals surface area contributed by atoms with Gasteiger partial charge in [0.25, 0.3) is 0 Å². The quantitative estimate of drug-likeness (QED) is 0.666. The number of carbonyl (C=O) groups excluding carboxylic acids is 2. The molecule has 0 aliphatic carbocycles. The molecule has 1 amide bonds. The lowest BCUT2D eigenvalue weighted by Gasteiger charge is -2.12. The minimum Gasteiger partial charge on any atom is -0.393 e. The number of hydrogen-bond acceptors (Lipinski definition) is 4. The van der Waals surface area contributed by atoms with E-state index in [1.807, 2.05) is 0 Å². The molecule has 0 bridgehead atoms. The zero-order valence-electron chi connectivity index (χ0n) is 9.45. The SMILES string of the molecule is CCC(=O)NCCSC(=O)[C@H](C)[C@@H](C)O. The Bertz CT molecular complexity index is 219. The molecule has 0 saturated carbocycles. The maximum absolute atomic E-state index is 11.4. The minimum absolute atomic E-state index is 0.00776. The molecule has 5 heteroatoms. The summed E-state index contributed by atoms with van der Waals surface area (Å²) < 4.78 is 0. The Balaban J connectivity index is 3.60. The van der Waals surface area contributed by atoms with Crippen LogP contribution in [0.25, 0.3) is 0 Å². The molecule has 0 aromatic carbocycles. The van der Waals surface area contributed by atoms with Gasteiger partial charge in [0.05, 0.1) is 12.0 Å². The first-order valence-electron chi connectivity index (χ1n) is 5.10. The van der Waals surface area contributed by atoms with Crippen molar-refractivity contribution in [2.45, 2.75) is 33.3 Å². The molecular formula is C10H19NO3S. The first-order valence-corrected chi connectivity index (χ1v) is 6.09. The second-order valence-electron chi connectivity index (χ2n) is 3.40. The highest BCUT2D eigenvalue weighted by molar-refractivity contribution is 8.13. The highest BCUT2D eigenvalue weighted by atomic mass is 32.2. The molecule has 0 aliphatic rings. The normalized spacial score (nSPS) is 14.4. The van der Waals surface area contributed by atoms with E-state index in [9.17, 15) is 14.7 Å². The van der Waals surface area contributed by atoms with E-state index >= 15 is 0 Å². The van der Waals surface area contributed by atoms with Crippen LogP contribution in [0.2, 0.25) is 0 Å². The van der Waals surface area contributed by atoms with Crippen LogP contribution in [0, 0.1) is 5.92 Å². The van der Waals surface area contributed by atoms with Crippen LogP contribution >= 0.6 is 11.8 Å². The predicted octanol–water partition coefficient (Wildman–Crippen LogP) is 0.789. The summed E-state index contributed by atoms with van der Waals surface area (Å²) in [5.74, 6) is 0.199. The smallest absolute Gasteiger partial charge is 0.219 e. The van der Waals surface area contributed by atoms with Crippen LogP contribution in [-0.4, -0.2) is 34.5 Å². The third kappa shape index (κ3) is 6.52. The number of amides is 1. The van der Waals surface area contributed by atoms with E-state index < -0.39 is 6.10 Å². The molecule has 0 aromatic rings. The fourth-order valence-corrected chi connectivity index (χ4v) is 1.66. The monoisotopic (exact) mass is 233 g/mol. The van der Waals surface area contributed by atoms with Gasteiger partial charge in [0.15, 0.2) is 5.12 Å². The fraction of sp³-hybridized carbons (Fsp3) is 0.800. The van der Waals surface area contributed by atoms with E-state index in [0.717, 1.165) is 11.8 Å². The van der Waals surface area contributed by atoms with Crippen molar-refractivity contribution in [1.82, 2.24) is 5.32 Å². The topological polar surface area (TPSA) is 66.4 Å². The van der Waals surface area contributed by atoms with Gasteiger partial charge in [-0.2, -0.15) is 0 Å². The molecular weight excluding hydrogens is 214 g/mol. The minimum atomic E-state index is -0.616. The molecule has 2 N–H and O–H groups in total. The van der Waals surface area contributed by atoms with E-state index in [-0.39, 0.29) is 16.9 Å². The van der Waals surface area contributed by atoms with E-state index in [1.54, 1.807) is 20.8 Å². The Morgan fingerprint density at radius 3 is 2.47 bits per heavy atom. The van der Waals surface area contributed by atoms with Gasteiger partial charge in [-0.25, -0.2) is 0 Å². The van der Waals surface area contributed by atoms with Crippen LogP contribution in [0.5, 0.6) is 0 Å². The van der Waals surface area contributed by atoms with Gasteiger partial charge < -0.3 is 10.4 Å². The van der Waals surface area contributed by atoms with Crippen LogP contribution in [0.15, 0.2) is 0 Å². The Labute approximate surface area is 94.8 Å². The van der Waals surface area contributed by atoms with Crippen molar-refractivity contribution in [3.8, 4) is 0 Å². The lowest BCUT2D eigenvalue weighted by Crippen LogP contribution is -2.26. The largest absolute Gasteiger partial charge is 0.393 e. The van der Waals surface area contributed by atoms with Crippen LogP contribution in [0.4, 0.5) is 0 Å². The molecule has 0 aliphatic heterocycles. The Morgan fingerprint density at radius 1 is 1.40 bits per heavy atom. The highest BCUT2D eigenvalue weighted by Crippen LogP contribution is 2.13. The third-order valence-corrected chi connectivity index (χ3v) is 3.15. The number of rotatable bonds is 6. The number of nitrogens with one attached hydrogen (secondary N) is 1. The maximum Gasteiger partial charge on any atom is 0.219 e. The molecule has 0 heterocycles. The molecule has 88 valence electrons. The van der Waals surface area contributed by atoms with Gasteiger partial charge in [-0.1, -0.05) is 25.6 Å². The molecule has 0 unspecified atom stereocenters. The van der Waals surface area contributed by atoms with Gasteiger partial charge in [0.2, 0.25) is 5.91 Å². The summed E-state index contributed by atoms with van der Waals surface area (Å²) >= 11 is 1.15. The number of thioether (sulfide) groups is 1. The Hall–Kier alpha value is -0.550. The summed E-state index contributed by atoms with van der Waals surface area (Å²) in [6.07, 6.45) is -0.155. The van der Waals surface area contributed by atoms with Gasteiger partial charge in [-0.15, -0.1) is 0 Å². The van der Waals surface area contributed by atoms with Gasteiger partial charge in [0.1, 0.15) is 0 Å². The molecule has 0 radical (unpaired) electrons. The molecule has 0 aromatic heterocycles. The zero-order valence-corrected chi connectivity index (χ0v) is 10.3. The van der Waals surface area contributed by atoms with Crippen molar-refractivity contribution in [3.63, 3.8) is 0 Å². The van der Waals surface area contributed by atoms with Crippen molar-refractivity contribution >= 4 is 22.8 Å². The van der Waals surface area contributed by atoms with Gasteiger partial charge >= 0.3 is 0 Å². The molecule has 0 rings (SSSR count). The van der Waals surface area contributed by atoms with Gasteiger partial charge in [-0.05, 0) is 6.92 Å². The summed E-state index contributed by atoms with van der Waals surface area (Å²) in [4.78, 5) is 22.2. The summed E-state index contributed by atoms with van der Waals surface area (Å²) in [5, 5.41) is 11.8. The Morgan fingerprint density at radius 2 is 2.00 bits per heavy atom. The van der Waals surface area contributed by atoms with Crippen LogP contribution in [0.3, 0.4) is 0 Å². The van der Waals surface area contributed by atoms with Crippen molar-refractivity contribution in [1.29, 1.82) is 0 Å². The fourth-order valence-electron chi connectivity index (χ4n) is 0.795. The van der Waals surface area contributed by atoms with Crippen molar-refractivity contribution in [2.24, 2.45) is 5.92 Å². The molecule has 0 spiro atoms. The van der Waals surface area contributed by atoms with Crippen LogP contribution < -0.4 is 5.32 Å². The van der Waals surface area contributed by atoms with E-state index in [0.29, 0.717) is 18.7 Å². The average molecular weight is 233 g/mol. The third-order valence-electron chi connectivity index (χ3n) is 2.09. The number of carbonyl (C=O) groups is 2. The number of hydrogen-bond donors (Lipinski definition) is 2. The molecule has 0 fully saturated rings. The highest BCUT2D eigenvalue weighted by Gasteiger charge is 2.17. The van der Waals surface area contributed by atoms with Crippen LogP contribution in [0.1, 0.15) is 27.2 Å². The predicted molar refractivity (Wildman–Crippen MR) is 61.6 cm³/mol.